The van der Waals surface area contributed by atoms with Gasteiger partial charge in [-0.3, -0.25) is 4.79 Å². The van der Waals surface area contributed by atoms with Crippen molar-refractivity contribution >= 4 is 11.7 Å². The standard InChI is InChI=1S/C17H26N4O/c1-14(22)21-8-4-3-5-16(21)15-6-7-17(18-13-15)20-11-9-19(2)10-12-20/h6-7,13,16H,3-5,8-12H2,1-2H3/t16-/m1/s1. The van der Waals surface area contributed by atoms with Gasteiger partial charge < -0.3 is 14.7 Å². The summed E-state index contributed by atoms with van der Waals surface area (Å²) in [6, 6.07) is 4.49. The summed E-state index contributed by atoms with van der Waals surface area (Å²) >= 11 is 0. The Bertz CT molecular complexity index is 508. The lowest BCUT2D eigenvalue weighted by atomic mass is 9.96. The molecule has 1 aromatic heterocycles. The van der Waals surface area contributed by atoms with Crippen LogP contribution >= 0.6 is 0 Å². The second kappa shape index (κ2) is 6.65. The molecule has 22 heavy (non-hydrogen) atoms. The van der Waals surface area contributed by atoms with E-state index in [1.54, 1.807) is 6.92 Å². The Morgan fingerprint density at radius 1 is 1.14 bits per heavy atom. The molecule has 5 heteroatoms. The van der Waals surface area contributed by atoms with E-state index in [4.69, 9.17) is 0 Å². The van der Waals surface area contributed by atoms with Crippen LogP contribution < -0.4 is 4.90 Å². The molecular weight excluding hydrogens is 276 g/mol. The van der Waals surface area contributed by atoms with Crippen LogP contribution in [0.3, 0.4) is 0 Å². The van der Waals surface area contributed by atoms with Gasteiger partial charge in [0.25, 0.3) is 0 Å². The van der Waals surface area contributed by atoms with Crippen LogP contribution in [0.1, 0.15) is 37.8 Å². The Morgan fingerprint density at radius 2 is 1.91 bits per heavy atom. The number of anilines is 1. The largest absolute Gasteiger partial charge is 0.354 e. The van der Waals surface area contributed by atoms with Gasteiger partial charge in [-0.25, -0.2) is 4.98 Å². The van der Waals surface area contributed by atoms with Crippen molar-refractivity contribution in [2.45, 2.75) is 32.2 Å². The van der Waals surface area contributed by atoms with Crippen LogP contribution in [0.5, 0.6) is 0 Å². The van der Waals surface area contributed by atoms with Crippen LogP contribution in [0.15, 0.2) is 18.3 Å². The van der Waals surface area contributed by atoms with Crippen LogP contribution in [-0.4, -0.2) is 60.5 Å². The number of piperidine rings is 1. The number of likely N-dealkylation sites (N-methyl/N-ethyl adjacent to an activating group) is 1. The van der Waals surface area contributed by atoms with E-state index in [9.17, 15) is 4.79 Å². The SMILES string of the molecule is CC(=O)N1CCCC[C@@H]1c1ccc(N2CCN(C)CC2)nc1. The van der Waals surface area contributed by atoms with E-state index in [0.29, 0.717) is 0 Å². The Labute approximate surface area is 132 Å². The second-order valence-corrected chi connectivity index (χ2v) is 6.46. The van der Waals surface area contributed by atoms with Gasteiger partial charge >= 0.3 is 0 Å². The minimum atomic E-state index is 0.174. The zero-order valence-corrected chi connectivity index (χ0v) is 13.7. The monoisotopic (exact) mass is 302 g/mol. The number of carbonyl (C=O) groups is 1. The van der Waals surface area contributed by atoms with Crippen LogP contribution in [0.25, 0.3) is 0 Å². The average molecular weight is 302 g/mol. The van der Waals surface area contributed by atoms with E-state index in [1.807, 2.05) is 11.1 Å². The summed E-state index contributed by atoms with van der Waals surface area (Å²) in [5, 5.41) is 0. The lowest BCUT2D eigenvalue weighted by molar-refractivity contribution is -0.132. The van der Waals surface area contributed by atoms with E-state index in [2.05, 4.69) is 34.0 Å². The molecule has 0 bridgehead atoms. The number of rotatable bonds is 2. The minimum absolute atomic E-state index is 0.174. The highest BCUT2D eigenvalue weighted by Crippen LogP contribution is 2.31. The number of amides is 1. The summed E-state index contributed by atoms with van der Waals surface area (Å²) in [5.41, 5.74) is 1.17. The summed E-state index contributed by atoms with van der Waals surface area (Å²) in [6.07, 6.45) is 5.33. The van der Waals surface area contributed by atoms with Crippen molar-refractivity contribution in [3.8, 4) is 0 Å². The molecule has 1 amide bonds. The van der Waals surface area contributed by atoms with E-state index in [1.165, 1.54) is 12.0 Å². The predicted molar refractivity (Wildman–Crippen MR) is 87.9 cm³/mol. The highest BCUT2D eigenvalue weighted by molar-refractivity contribution is 5.74. The normalized spacial score (nSPS) is 23.6. The highest BCUT2D eigenvalue weighted by atomic mass is 16.2. The molecule has 1 aromatic rings. The van der Waals surface area contributed by atoms with Gasteiger partial charge in [0, 0.05) is 45.8 Å². The Morgan fingerprint density at radius 3 is 2.55 bits per heavy atom. The summed E-state index contributed by atoms with van der Waals surface area (Å²) in [6.45, 7) is 6.79. The van der Waals surface area contributed by atoms with Gasteiger partial charge in [-0.2, -0.15) is 0 Å². The molecule has 5 nitrogen and oxygen atoms in total. The maximum absolute atomic E-state index is 11.8. The number of nitrogens with zero attached hydrogens (tertiary/aromatic N) is 4. The topological polar surface area (TPSA) is 39.7 Å². The first-order valence-corrected chi connectivity index (χ1v) is 8.32. The lowest BCUT2D eigenvalue weighted by Gasteiger charge is -2.36. The first-order chi connectivity index (χ1) is 10.6. The Balaban J connectivity index is 1.71. The number of piperazine rings is 1. The van der Waals surface area contributed by atoms with Crippen LogP contribution in [0, 0.1) is 0 Å². The molecule has 3 heterocycles. The van der Waals surface area contributed by atoms with Crippen molar-refractivity contribution in [1.82, 2.24) is 14.8 Å². The molecule has 0 aromatic carbocycles. The molecule has 2 saturated heterocycles. The smallest absolute Gasteiger partial charge is 0.219 e. The van der Waals surface area contributed by atoms with E-state index in [-0.39, 0.29) is 11.9 Å². The van der Waals surface area contributed by atoms with Gasteiger partial charge in [0.15, 0.2) is 0 Å². The van der Waals surface area contributed by atoms with Crippen molar-refractivity contribution in [1.29, 1.82) is 0 Å². The van der Waals surface area contributed by atoms with Crippen molar-refractivity contribution in [2.75, 3.05) is 44.7 Å². The number of hydrogen-bond acceptors (Lipinski definition) is 4. The molecule has 120 valence electrons. The van der Waals surface area contributed by atoms with Crippen molar-refractivity contribution in [3.63, 3.8) is 0 Å². The van der Waals surface area contributed by atoms with E-state index < -0.39 is 0 Å². The molecule has 0 spiro atoms. The molecule has 0 aliphatic carbocycles. The lowest BCUT2D eigenvalue weighted by Crippen LogP contribution is -2.44. The number of likely N-dealkylation sites (tertiary alicyclic amines) is 1. The van der Waals surface area contributed by atoms with Crippen molar-refractivity contribution in [2.24, 2.45) is 0 Å². The fourth-order valence-corrected chi connectivity index (χ4v) is 3.47. The fraction of sp³-hybridized carbons (Fsp3) is 0.647. The molecule has 2 aliphatic heterocycles. The molecule has 3 rings (SSSR count). The van der Waals surface area contributed by atoms with E-state index >= 15 is 0 Å². The average Bonchev–Trinajstić information content (AvgIpc) is 2.56. The quantitative estimate of drug-likeness (QED) is 0.836. The molecular formula is C17H26N4O. The van der Waals surface area contributed by atoms with Gasteiger partial charge in [0.1, 0.15) is 5.82 Å². The second-order valence-electron chi connectivity index (χ2n) is 6.46. The van der Waals surface area contributed by atoms with Crippen molar-refractivity contribution in [3.05, 3.63) is 23.9 Å². The van der Waals surface area contributed by atoms with E-state index in [0.717, 1.165) is 51.4 Å². The van der Waals surface area contributed by atoms with Gasteiger partial charge in [-0.05, 0) is 37.9 Å². The number of pyridine rings is 1. The predicted octanol–water partition coefficient (Wildman–Crippen LogP) is 1.91. The zero-order valence-electron chi connectivity index (χ0n) is 13.7. The molecule has 1 atom stereocenters. The fourth-order valence-electron chi connectivity index (χ4n) is 3.47. The summed E-state index contributed by atoms with van der Waals surface area (Å²) in [5.74, 6) is 1.23. The number of carbonyl (C=O) groups excluding carboxylic acids is 1. The highest BCUT2D eigenvalue weighted by Gasteiger charge is 2.26. The Kier molecular flexibility index (Phi) is 4.62. The molecule has 0 unspecified atom stereocenters. The first kappa shape index (κ1) is 15.3. The van der Waals surface area contributed by atoms with Gasteiger partial charge in [-0.15, -0.1) is 0 Å². The van der Waals surface area contributed by atoms with Crippen LogP contribution in [0.2, 0.25) is 0 Å². The zero-order chi connectivity index (χ0) is 15.5. The van der Waals surface area contributed by atoms with Crippen LogP contribution in [-0.2, 0) is 4.79 Å². The summed E-state index contributed by atoms with van der Waals surface area (Å²) in [7, 11) is 2.16. The molecule has 0 saturated carbocycles. The third-order valence-corrected chi connectivity index (χ3v) is 4.89. The molecule has 2 fully saturated rings. The van der Waals surface area contributed by atoms with Crippen LogP contribution in [0.4, 0.5) is 5.82 Å². The summed E-state index contributed by atoms with van der Waals surface area (Å²) in [4.78, 5) is 23.2. The number of hydrogen-bond donors (Lipinski definition) is 0. The van der Waals surface area contributed by atoms with Crippen molar-refractivity contribution < 1.29 is 4.79 Å². The van der Waals surface area contributed by atoms with Gasteiger partial charge in [0.05, 0.1) is 6.04 Å². The minimum Gasteiger partial charge on any atom is -0.354 e. The maximum Gasteiger partial charge on any atom is 0.219 e. The first-order valence-electron chi connectivity index (χ1n) is 8.32. The Hall–Kier alpha value is -1.62. The third kappa shape index (κ3) is 3.24. The molecule has 0 radical (unpaired) electrons. The summed E-state index contributed by atoms with van der Waals surface area (Å²) < 4.78 is 0. The third-order valence-electron chi connectivity index (χ3n) is 4.89. The van der Waals surface area contributed by atoms with Gasteiger partial charge in [0.2, 0.25) is 5.91 Å². The van der Waals surface area contributed by atoms with Gasteiger partial charge in [-0.1, -0.05) is 6.07 Å². The maximum atomic E-state index is 11.8. The molecule has 2 aliphatic rings. The molecule has 0 N–H and O–H groups in total. The number of aromatic nitrogens is 1.